The van der Waals surface area contributed by atoms with Crippen molar-refractivity contribution in [2.24, 2.45) is 5.92 Å². The predicted molar refractivity (Wildman–Crippen MR) is 83.0 cm³/mol. The van der Waals surface area contributed by atoms with Gasteiger partial charge in [0.05, 0.1) is 18.5 Å². The zero-order chi connectivity index (χ0) is 15.4. The van der Waals surface area contributed by atoms with E-state index in [9.17, 15) is 4.79 Å². The van der Waals surface area contributed by atoms with E-state index in [0.29, 0.717) is 23.9 Å². The number of esters is 1. The zero-order valence-corrected chi connectivity index (χ0v) is 12.9. The highest BCUT2D eigenvalue weighted by molar-refractivity contribution is 5.90. The Hall–Kier alpha value is -2.17. The molecule has 116 valence electrons. The predicted octanol–water partition coefficient (Wildman–Crippen LogP) is 3.31. The van der Waals surface area contributed by atoms with Crippen LogP contribution in [0.4, 0.5) is 0 Å². The molecule has 0 saturated heterocycles. The molecule has 1 saturated carbocycles. The number of hydrogen-bond acceptors (Lipinski definition) is 4. The minimum absolute atomic E-state index is 0.287. The SMILES string of the molecule is Cc1c(C(=O)OCC2CCCCC2)cnn1-c1ccccn1. The number of rotatable bonds is 4. The Balaban J connectivity index is 1.67. The van der Waals surface area contributed by atoms with Gasteiger partial charge in [-0.15, -0.1) is 0 Å². The van der Waals surface area contributed by atoms with Crippen LogP contribution in [0.2, 0.25) is 0 Å². The molecule has 5 heteroatoms. The fourth-order valence-electron chi connectivity index (χ4n) is 2.95. The van der Waals surface area contributed by atoms with Crippen molar-refractivity contribution in [3.8, 4) is 5.82 Å². The van der Waals surface area contributed by atoms with E-state index in [0.717, 1.165) is 5.69 Å². The maximum Gasteiger partial charge on any atom is 0.341 e. The van der Waals surface area contributed by atoms with Gasteiger partial charge in [0.1, 0.15) is 5.56 Å². The summed E-state index contributed by atoms with van der Waals surface area (Å²) >= 11 is 0. The number of hydrogen-bond donors (Lipinski definition) is 0. The Morgan fingerprint density at radius 1 is 1.32 bits per heavy atom. The quantitative estimate of drug-likeness (QED) is 0.813. The molecule has 0 aliphatic heterocycles. The highest BCUT2D eigenvalue weighted by atomic mass is 16.5. The lowest BCUT2D eigenvalue weighted by molar-refractivity contribution is 0.0409. The topological polar surface area (TPSA) is 57.0 Å². The Bertz CT molecular complexity index is 631. The van der Waals surface area contributed by atoms with Gasteiger partial charge in [0, 0.05) is 6.20 Å². The van der Waals surface area contributed by atoms with Crippen LogP contribution in [0.25, 0.3) is 5.82 Å². The van der Waals surface area contributed by atoms with Crippen molar-refractivity contribution in [1.29, 1.82) is 0 Å². The van der Waals surface area contributed by atoms with Crippen molar-refractivity contribution >= 4 is 5.97 Å². The first-order valence-corrected chi connectivity index (χ1v) is 7.89. The van der Waals surface area contributed by atoms with Gasteiger partial charge >= 0.3 is 5.97 Å². The second-order valence-corrected chi connectivity index (χ2v) is 5.85. The Morgan fingerprint density at radius 2 is 2.14 bits per heavy atom. The molecule has 1 aliphatic carbocycles. The summed E-state index contributed by atoms with van der Waals surface area (Å²) in [5.74, 6) is 0.931. The molecule has 2 aromatic rings. The second kappa shape index (κ2) is 6.73. The van der Waals surface area contributed by atoms with Crippen LogP contribution in [-0.2, 0) is 4.74 Å². The molecule has 0 spiro atoms. The summed E-state index contributed by atoms with van der Waals surface area (Å²) in [6.07, 6.45) is 9.40. The van der Waals surface area contributed by atoms with Crippen LogP contribution >= 0.6 is 0 Å². The largest absolute Gasteiger partial charge is 0.462 e. The van der Waals surface area contributed by atoms with Crippen LogP contribution in [0.1, 0.15) is 48.2 Å². The van der Waals surface area contributed by atoms with Crippen molar-refractivity contribution in [2.45, 2.75) is 39.0 Å². The first-order chi connectivity index (χ1) is 10.8. The molecule has 2 aromatic heterocycles. The van der Waals surface area contributed by atoms with Gasteiger partial charge < -0.3 is 4.74 Å². The third kappa shape index (κ3) is 3.18. The standard InChI is InChI=1S/C17H21N3O2/c1-13-15(11-19-20(13)16-9-5-6-10-18-16)17(21)22-12-14-7-3-2-4-8-14/h5-6,9-11,14H,2-4,7-8,12H2,1H3. The van der Waals surface area contributed by atoms with Crippen molar-refractivity contribution in [1.82, 2.24) is 14.8 Å². The summed E-state index contributed by atoms with van der Waals surface area (Å²) in [5.41, 5.74) is 1.27. The number of carbonyl (C=O) groups is 1. The normalized spacial score (nSPS) is 15.7. The molecule has 1 aliphatic rings. The average Bonchev–Trinajstić information content (AvgIpc) is 2.96. The summed E-state index contributed by atoms with van der Waals surface area (Å²) < 4.78 is 7.15. The number of aromatic nitrogens is 3. The fourth-order valence-corrected chi connectivity index (χ4v) is 2.95. The molecule has 0 aromatic carbocycles. The first-order valence-electron chi connectivity index (χ1n) is 7.89. The number of nitrogens with zero attached hydrogens (tertiary/aromatic N) is 3. The van der Waals surface area contributed by atoms with E-state index in [1.54, 1.807) is 17.1 Å². The molecule has 0 atom stereocenters. The highest BCUT2D eigenvalue weighted by Gasteiger charge is 2.20. The second-order valence-electron chi connectivity index (χ2n) is 5.85. The molecule has 0 amide bonds. The van der Waals surface area contributed by atoms with Crippen molar-refractivity contribution in [3.63, 3.8) is 0 Å². The van der Waals surface area contributed by atoms with Crippen molar-refractivity contribution in [2.75, 3.05) is 6.61 Å². The Kier molecular flexibility index (Phi) is 4.51. The summed E-state index contributed by atoms with van der Waals surface area (Å²) in [7, 11) is 0. The van der Waals surface area contributed by atoms with E-state index >= 15 is 0 Å². The van der Waals surface area contributed by atoms with Crippen LogP contribution < -0.4 is 0 Å². The maximum atomic E-state index is 12.3. The summed E-state index contributed by atoms with van der Waals surface area (Å²) in [6, 6.07) is 5.60. The molecule has 0 N–H and O–H groups in total. The van der Waals surface area contributed by atoms with Crippen LogP contribution in [0, 0.1) is 12.8 Å². The first kappa shape index (κ1) is 14.8. The zero-order valence-electron chi connectivity index (χ0n) is 12.9. The van der Waals surface area contributed by atoms with E-state index in [1.807, 2.05) is 25.1 Å². The van der Waals surface area contributed by atoms with E-state index in [-0.39, 0.29) is 5.97 Å². The van der Waals surface area contributed by atoms with Crippen LogP contribution in [0.5, 0.6) is 0 Å². The van der Waals surface area contributed by atoms with E-state index in [2.05, 4.69) is 10.1 Å². The van der Waals surface area contributed by atoms with Gasteiger partial charge in [-0.05, 0) is 37.8 Å². The smallest absolute Gasteiger partial charge is 0.341 e. The van der Waals surface area contributed by atoms with Gasteiger partial charge in [-0.2, -0.15) is 5.10 Å². The number of carbonyl (C=O) groups excluding carboxylic acids is 1. The van der Waals surface area contributed by atoms with Gasteiger partial charge in [0.2, 0.25) is 0 Å². The van der Waals surface area contributed by atoms with Crippen LogP contribution in [-0.4, -0.2) is 27.3 Å². The monoisotopic (exact) mass is 299 g/mol. The number of ether oxygens (including phenoxy) is 1. The summed E-state index contributed by atoms with van der Waals surface area (Å²) in [4.78, 5) is 16.5. The van der Waals surface area contributed by atoms with Gasteiger partial charge in [-0.25, -0.2) is 14.5 Å². The molecule has 3 rings (SSSR count). The Morgan fingerprint density at radius 3 is 2.86 bits per heavy atom. The van der Waals surface area contributed by atoms with Crippen LogP contribution in [0.3, 0.4) is 0 Å². The maximum absolute atomic E-state index is 12.3. The van der Waals surface area contributed by atoms with Crippen molar-refractivity contribution in [3.05, 3.63) is 41.9 Å². The molecule has 0 bridgehead atoms. The lowest BCUT2D eigenvalue weighted by Crippen LogP contribution is -2.17. The van der Waals surface area contributed by atoms with Crippen molar-refractivity contribution < 1.29 is 9.53 Å². The number of pyridine rings is 1. The minimum Gasteiger partial charge on any atom is -0.462 e. The minimum atomic E-state index is -0.287. The third-order valence-electron chi connectivity index (χ3n) is 4.27. The molecule has 5 nitrogen and oxygen atoms in total. The highest BCUT2D eigenvalue weighted by Crippen LogP contribution is 2.24. The van der Waals surface area contributed by atoms with Gasteiger partial charge in [0.25, 0.3) is 0 Å². The summed E-state index contributed by atoms with van der Waals surface area (Å²) in [6.45, 7) is 2.38. The third-order valence-corrected chi connectivity index (χ3v) is 4.27. The molecule has 0 unspecified atom stereocenters. The lowest BCUT2D eigenvalue weighted by Gasteiger charge is -2.20. The molecule has 1 fully saturated rings. The average molecular weight is 299 g/mol. The van der Waals surface area contributed by atoms with Gasteiger partial charge in [-0.3, -0.25) is 0 Å². The van der Waals surface area contributed by atoms with E-state index in [1.165, 1.54) is 32.1 Å². The lowest BCUT2D eigenvalue weighted by atomic mass is 9.90. The fraction of sp³-hybridized carbons (Fsp3) is 0.471. The van der Waals surface area contributed by atoms with Gasteiger partial charge in [-0.1, -0.05) is 25.3 Å². The molecule has 2 heterocycles. The molecule has 0 radical (unpaired) electrons. The summed E-state index contributed by atoms with van der Waals surface area (Å²) in [5, 5.41) is 4.26. The Labute approximate surface area is 130 Å². The van der Waals surface area contributed by atoms with Gasteiger partial charge in [0.15, 0.2) is 5.82 Å². The van der Waals surface area contributed by atoms with Crippen LogP contribution in [0.15, 0.2) is 30.6 Å². The molecular formula is C17H21N3O2. The molecular weight excluding hydrogens is 278 g/mol. The molecule has 22 heavy (non-hydrogen) atoms. The van der Waals surface area contributed by atoms with E-state index in [4.69, 9.17) is 4.74 Å². The van der Waals surface area contributed by atoms with E-state index < -0.39 is 0 Å².